The summed E-state index contributed by atoms with van der Waals surface area (Å²) in [5, 5.41) is 3.30. The third kappa shape index (κ3) is 2.70. The van der Waals surface area contributed by atoms with Gasteiger partial charge in [-0.3, -0.25) is 5.32 Å². The average molecular weight is 324 g/mol. The summed E-state index contributed by atoms with van der Waals surface area (Å²) in [6.45, 7) is 6.38. The standard InChI is InChI=1S/C17H22ClNO3/c1-11(2)17-8-7-16(3,22-17)14(10-17)21-15(20)19-13-6-4-5-12(18)9-13/h4-6,9,11,14H,7-8,10H2,1-3H3,(H,19,20)/t14-,16-,17+/m1/s1. The summed E-state index contributed by atoms with van der Waals surface area (Å²) in [4.78, 5) is 12.1. The molecule has 0 aromatic heterocycles. The van der Waals surface area contributed by atoms with Crippen LogP contribution in [0.4, 0.5) is 10.5 Å². The number of hydrogen-bond acceptors (Lipinski definition) is 3. The normalized spacial score (nSPS) is 33.2. The molecule has 2 saturated heterocycles. The van der Waals surface area contributed by atoms with Crippen LogP contribution in [-0.4, -0.2) is 23.4 Å². The van der Waals surface area contributed by atoms with E-state index < -0.39 is 6.09 Å². The molecular formula is C17H22ClNO3. The number of halogens is 1. The van der Waals surface area contributed by atoms with E-state index in [4.69, 9.17) is 21.1 Å². The smallest absolute Gasteiger partial charge is 0.411 e. The topological polar surface area (TPSA) is 47.6 Å². The molecule has 2 bridgehead atoms. The number of ether oxygens (including phenoxy) is 2. The van der Waals surface area contributed by atoms with Crippen LogP contribution in [0.15, 0.2) is 24.3 Å². The molecule has 1 aromatic carbocycles. The lowest BCUT2D eigenvalue weighted by Crippen LogP contribution is -2.40. The van der Waals surface area contributed by atoms with Crippen LogP contribution in [0.5, 0.6) is 0 Å². The zero-order chi connectivity index (χ0) is 16.0. The Labute approximate surface area is 136 Å². The molecule has 0 spiro atoms. The molecule has 3 rings (SSSR count). The highest BCUT2D eigenvalue weighted by molar-refractivity contribution is 6.30. The number of benzene rings is 1. The first-order chi connectivity index (χ1) is 10.3. The van der Waals surface area contributed by atoms with Crippen LogP contribution in [0.25, 0.3) is 0 Å². The molecule has 4 nitrogen and oxygen atoms in total. The van der Waals surface area contributed by atoms with E-state index in [0.29, 0.717) is 16.6 Å². The van der Waals surface area contributed by atoms with E-state index >= 15 is 0 Å². The van der Waals surface area contributed by atoms with Gasteiger partial charge in [-0.25, -0.2) is 4.79 Å². The quantitative estimate of drug-likeness (QED) is 0.882. The third-order valence-corrected chi connectivity index (χ3v) is 5.30. The van der Waals surface area contributed by atoms with Crippen molar-refractivity contribution in [2.24, 2.45) is 5.92 Å². The predicted molar refractivity (Wildman–Crippen MR) is 86.3 cm³/mol. The maximum Gasteiger partial charge on any atom is 0.411 e. The monoisotopic (exact) mass is 323 g/mol. The van der Waals surface area contributed by atoms with Gasteiger partial charge < -0.3 is 9.47 Å². The van der Waals surface area contributed by atoms with Gasteiger partial charge in [-0.1, -0.05) is 31.5 Å². The molecule has 2 fully saturated rings. The van der Waals surface area contributed by atoms with Crippen LogP contribution < -0.4 is 5.32 Å². The van der Waals surface area contributed by atoms with Gasteiger partial charge in [-0.15, -0.1) is 0 Å². The van der Waals surface area contributed by atoms with E-state index in [-0.39, 0.29) is 17.3 Å². The van der Waals surface area contributed by atoms with E-state index in [1.807, 2.05) is 6.92 Å². The third-order valence-electron chi connectivity index (χ3n) is 5.07. The Kier molecular flexibility index (Phi) is 3.86. The molecule has 0 saturated carbocycles. The number of carbonyl (C=O) groups is 1. The van der Waals surface area contributed by atoms with E-state index in [1.54, 1.807) is 24.3 Å². The molecule has 1 aromatic rings. The summed E-state index contributed by atoms with van der Waals surface area (Å²) in [7, 11) is 0. The van der Waals surface area contributed by atoms with Crippen molar-refractivity contribution in [1.82, 2.24) is 0 Å². The summed E-state index contributed by atoms with van der Waals surface area (Å²) in [6, 6.07) is 7.02. The Morgan fingerprint density at radius 3 is 2.86 bits per heavy atom. The molecule has 0 unspecified atom stereocenters. The molecule has 0 radical (unpaired) electrons. The van der Waals surface area contributed by atoms with Gasteiger partial charge in [0.25, 0.3) is 0 Å². The molecule has 2 heterocycles. The second-order valence-electron chi connectivity index (χ2n) is 6.87. The van der Waals surface area contributed by atoms with Crippen molar-refractivity contribution in [2.45, 2.75) is 57.3 Å². The summed E-state index contributed by atoms with van der Waals surface area (Å²) in [5.41, 5.74) is 0.122. The average Bonchev–Trinajstić information content (AvgIpc) is 2.91. The van der Waals surface area contributed by atoms with Crippen molar-refractivity contribution < 1.29 is 14.3 Å². The van der Waals surface area contributed by atoms with Crippen LogP contribution in [-0.2, 0) is 9.47 Å². The Hall–Kier alpha value is -1.26. The zero-order valence-electron chi connectivity index (χ0n) is 13.2. The van der Waals surface area contributed by atoms with Gasteiger partial charge in [0.2, 0.25) is 0 Å². The Balaban J connectivity index is 1.65. The number of anilines is 1. The first-order valence-electron chi connectivity index (χ1n) is 7.76. The summed E-state index contributed by atoms with van der Waals surface area (Å²) >= 11 is 5.91. The van der Waals surface area contributed by atoms with Gasteiger partial charge >= 0.3 is 6.09 Å². The molecule has 2 aliphatic rings. The zero-order valence-corrected chi connectivity index (χ0v) is 13.9. The van der Waals surface area contributed by atoms with Crippen molar-refractivity contribution >= 4 is 23.4 Å². The van der Waals surface area contributed by atoms with Gasteiger partial charge in [0.15, 0.2) is 0 Å². The molecule has 3 atom stereocenters. The van der Waals surface area contributed by atoms with Crippen LogP contribution in [0.1, 0.15) is 40.0 Å². The highest BCUT2D eigenvalue weighted by Gasteiger charge is 2.61. The maximum atomic E-state index is 12.1. The van der Waals surface area contributed by atoms with Gasteiger partial charge in [0, 0.05) is 17.1 Å². The summed E-state index contributed by atoms with van der Waals surface area (Å²) in [5.74, 6) is 0.416. The number of rotatable bonds is 3. The molecule has 22 heavy (non-hydrogen) atoms. The van der Waals surface area contributed by atoms with Crippen molar-refractivity contribution in [1.29, 1.82) is 0 Å². The van der Waals surface area contributed by atoms with E-state index in [2.05, 4.69) is 19.2 Å². The SMILES string of the molecule is CC(C)[C@@]12CC[C@@](C)(O1)[C@H](OC(=O)Nc1cccc(Cl)c1)C2. The fraction of sp³-hybridized carbons (Fsp3) is 0.588. The lowest BCUT2D eigenvalue weighted by atomic mass is 9.75. The van der Waals surface area contributed by atoms with Gasteiger partial charge in [0.1, 0.15) is 11.7 Å². The van der Waals surface area contributed by atoms with Gasteiger partial charge in [-0.2, -0.15) is 0 Å². The van der Waals surface area contributed by atoms with Crippen molar-refractivity contribution in [3.63, 3.8) is 0 Å². The lowest BCUT2D eigenvalue weighted by Gasteiger charge is -2.31. The fourth-order valence-electron chi connectivity index (χ4n) is 3.58. The second kappa shape index (κ2) is 5.43. The van der Waals surface area contributed by atoms with Crippen LogP contribution in [0.2, 0.25) is 5.02 Å². The molecule has 1 amide bonds. The number of hydrogen-bond donors (Lipinski definition) is 1. The predicted octanol–water partition coefficient (Wildman–Crippen LogP) is 4.62. The van der Waals surface area contributed by atoms with Gasteiger partial charge in [-0.05, 0) is 43.9 Å². The fourth-order valence-corrected chi connectivity index (χ4v) is 3.77. The molecule has 0 aliphatic carbocycles. The summed E-state index contributed by atoms with van der Waals surface area (Å²) in [6.07, 6.45) is 2.08. The Morgan fingerprint density at radius 1 is 1.45 bits per heavy atom. The lowest BCUT2D eigenvalue weighted by molar-refractivity contribution is -0.0807. The number of nitrogens with one attached hydrogen (secondary N) is 1. The number of amides is 1. The Bertz CT molecular complexity index is 591. The van der Waals surface area contributed by atoms with Crippen LogP contribution in [0, 0.1) is 5.92 Å². The van der Waals surface area contributed by atoms with Crippen LogP contribution in [0.3, 0.4) is 0 Å². The second-order valence-corrected chi connectivity index (χ2v) is 7.30. The van der Waals surface area contributed by atoms with E-state index in [0.717, 1.165) is 19.3 Å². The minimum absolute atomic E-state index is 0.143. The first kappa shape index (κ1) is 15.6. The minimum Gasteiger partial charge on any atom is -0.443 e. The van der Waals surface area contributed by atoms with Crippen molar-refractivity contribution in [2.75, 3.05) is 5.32 Å². The van der Waals surface area contributed by atoms with E-state index in [1.165, 1.54) is 0 Å². The van der Waals surface area contributed by atoms with Crippen molar-refractivity contribution in [3.05, 3.63) is 29.3 Å². The highest BCUT2D eigenvalue weighted by atomic mass is 35.5. The van der Waals surface area contributed by atoms with Crippen LogP contribution >= 0.6 is 11.6 Å². The maximum absolute atomic E-state index is 12.1. The van der Waals surface area contributed by atoms with E-state index in [9.17, 15) is 4.79 Å². The Morgan fingerprint density at radius 2 is 2.23 bits per heavy atom. The minimum atomic E-state index is -0.455. The molecule has 5 heteroatoms. The molecule has 2 aliphatic heterocycles. The highest BCUT2D eigenvalue weighted by Crippen LogP contribution is 2.55. The molecular weight excluding hydrogens is 302 g/mol. The first-order valence-corrected chi connectivity index (χ1v) is 8.14. The number of carbonyl (C=O) groups excluding carboxylic acids is 1. The molecule has 120 valence electrons. The van der Waals surface area contributed by atoms with Crippen molar-refractivity contribution in [3.8, 4) is 0 Å². The largest absolute Gasteiger partial charge is 0.443 e. The molecule has 1 N–H and O–H groups in total. The number of fused-ring (bicyclic) bond motifs is 2. The van der Waals surface area contributed by atoms with Gasteiger partial charge in [0.05, 0.1) is 5.60 Å². The summed E-state index contributed by atoms with van der Waals surface area (Å²) < 4.78 is 11.9.